The molecule has 3 aromatic rings. The Labute approximate surface area is 125 Å². The highest BCUT2D eigenvalue weighted by Gasteiger charge is 2.16. The zero-order valence-electron chi connectivity index (χ0n) is 10.9. The van der Waals surface area contributed by atoms with Gasteiger partial charge in [0.25, 0.3) is 0 Å². The summed E-state index contributed by atoms with van der Waals surface area (Å²) in [4.78, 5) is 4.04. The highest BCUT2D eigenvalue weighted by Crippen LogP contribution is 2.36. The molecule has 0 spiro atoms. The summed E-state index contributed by atoms with van der Waals surface area (Å²) in [5, 5.41) is 7.19. The van der Waals surface area contributed by atoms with Gasteiger partial charge in [0.2, 0.25) is 0 Å². The van der Waals surface area contributed by atoms with Crippen LogP contribution in [0.15, 0.2) is 47.2 Å². The van der Waals surface area contributed by atoms with Crippen molar-refractivity contribution in [2.45, 2.75) is 6.92 Å². The third kappa shape index (κ3) is 2.20. The average molecular weight is 329 g/mol. The summed E-state index contributed by atoms with van der Waals surface area (Å²) in [6.45, 7) is 2.06. The summed E-state index contributed by atoms with van der Waals surface area (Å²) in [5.41, 5.74) is 11.1. The first-order valence-corrected chi connectivity index (χ1v) is 6.97. The lowest BCUT2D eigenvalue weighted by atomic mass is 9.99. The Hall–Kier alpha value is -2.14. The molecule has 3 rings (SSSR count). The highest BCUT2D eigenvalue weighted by molar-refractivity contribution is 9.10. The van der Waals surface area contributed by atoms with E-state index in [9.17, 15) is 0 Å². The fourth-order valence-corrected chi connectivity index (χ4v) is 2.74. The van der Waals surface area contributed by atoms with Crippen molar-refractivity contribution < 1.29 is 0 Å². The number of aromatic amines is 1. The molecule has 0 fully saturated rings. The van der Waals surface area contributed by atoms with E-state index in [-0.39, 0.29) is 0 Å². The lowest BCUT2D eigenvalue weighted by Crippen LogP contribution is -1.90. The third-order valence-electron chi connectivity index (χ3n) is 3.22. The molecule has 0 bridgehead atoms. The fraction of sp³-hybridized carbons (Fsp3) is 0.0667. The van der Waals surface area contributed by atoms with Crippen LogP contribution in [0.2, 0.25) is 0 Å². The number of nitrogens with one attached hydrogen (secondary N) is 1. The average Bonchev–Trinajstić information content (AvgIpc) is 2.81. The quantitative estimate of drug-likeness (QED) is 0.752. The maximum atomic E-state index is 6.02. The number of halogens is 1. The molecule has 0 aliphatic heterocycles. The Morgan fingerprint density at radius 3 is 2.60 bits per heavy atom. The second-order valence-corrected chi connectivity index (χ2v) is 5.47. The van der Waals surface area contributed by atoms with Gasteiger partial charge in [0.1, 0.15) is 0 Å². The lowest BCUT2D eigenvalue weighted by Gasteiger charge is -2.08. The number of nitrogens with zero attached hydrogens (tertiary/aromatic N) is 2. The summed E-state index contributed by atoms with van der Waals surface area (Å²) in [5.74, 6) is 0.494. The second kappa shape index (κ2) is 5.09. The summed E-state index contributed by atoms with van der Waals surface area (Å²) < 4.78 is 1.05. The summed E-state index contributed by atoms with van der Waals surface area (Å²) >= 11 is 3.48. The Kier molecular flexibility index (Phi) is 3.28. The Morgan fingerprint density at radius 1 is 1.15 bits per heavy atom. The number of H-pyrrole nitrogens is 1. The first-order chi connectivity index (χ1) is 9.66. The Bertz CT molecular complexity index is 750. The van der Waals surface area contributed by atoms with E-state index in [0.29, 0.717) is 5.82 Å². The van der Waals surface area contributed by atoms with Gasteiger partial charge >= 0.3 is 0 Å². The monoisotopic (exact) mass is 328 g/mol. The van der Waals surface area contributed by atoms with Gasteiger partial charge in [-0.25, -0.2) is 0 Å². The molecule has 0 atom stereocenters. The number of nitrogens with two attached hydrogens (primary N) is 1. The number of nitrogen functional groups attached to an aromatic ring is 1. The Balaban J connectivity index is 2.21. The molecule has 1 aromatic carbocycles. The molecule has 20 heavy (non-hydrogen) atoms. The maximum Gasteiger partial charge on any atom is 0.153 e. The smallest absolute Gasteiger partial charge is 0.153 e. The molecule has 0 aliphatic carbocycles. The summed E-state index contributed by atoms with van der Waals surface area (Å²) in [7, 11) is 0. The van der Waals surface area contributed by atoms with Gasteiger partial charge in [-0.3, -0.25) is 10.1 Å². The largest absolute Gasteiger partial charge is 0.382 e. The number of hydrogen-bond acceptors (Lipinski definition) is 3. The van der Waals surface area contributed by atoms with Gasteiger partial charge in [0.05, 0.1) is 11.3 Å². The van der Waals surface area contributed by atoms with E-state index < -0.39 is 0 Å². The van der Waals surface area contributed by atoms with Crippen molar-refractivity contribution in [2.75, 3.05) is 5.73 Å². The normalized spacial score (nSPS) is 10.7. The SMILES string of the molecule is Cc1cc(Br)ccc1-c1[nH]nc(N)c1-c1ccncc1. The van der Waals surface area contributed by atoms with Crippen molar-refractivity contribution in [1.29, 1.82) is 0 Å². The van der Waals surface area contributed by atoms with Crippen LogP contribution < -0.4 is 5.73 Å². The van der Waals surface area contributed by atoms with Gasteiger partial charge < -0.3 is 5.73 Å². The van der Waals surface area contributed by atoms with Crippen molar-refractivity contribution >= 4 is 21.7 Å². The van der Waals surface area contributed by atoms with Gasteiger partial charge in [0.15, 0.2) is 5.82 Å². The number of benzene rings is 1. The molecule has 0 aliphatic rings. The topological polar surface area (TPSA) is 67.6 Å². The van der Waals surface area contributed by atoms with E-state index in [1.54, 1.807) is 12.4 Å². The van der Waals surface area contributed by atoms with Crippen molar-refractivity contribution in [3.05, 3.63) is 52.8 Å². The lowest BCUT2D eigenvalue weighted by molar-refractivity contribution is 1.10. The number of pyridine rings is 1. The molecule has 0 amide bonds. The first-order valence-electron chi connectivity index (χ1n) is 6.17. The fourth-order valence-electron chi connectivity index (χ4n) is 2.27. The molecule has 0 unspecified atom stereocenters. The minimum atomic E-state index is 0.494. The number of anilines is 1. The van der Waals surface area contributed by atoms with E-state index in [4.69, 9.17) is 5.73 Å². The van der Waals surface area contributed by atoms with Crippen LogP contribution in [-0.2, 0) is 0 Å². The van der Waals surface area contributed by atoms with E-state index in [1.165, 1.54) is 0 Å². The van der Waals surface area contributed by atoms with Crippen LogP contribution in [0, 0.1) is 6.92 Å². The van der Waals surface area contributed by atoms with Crippen LogP contribution in [0.4, 0.5) is 5.82 Å². The van der Waals surface area contributed by atoms with Gasteiger partial charge in [-0.15, -0.1) is 0 Å². The highest BCUT2D eigenvalue weighted by atomic mass is 79.9. The number of hydrogen-bond donors (Lipinski definition) is 2. The Morgan fingerprint density at radius 2 is 1.90 bits per heavy atom. The summed E-state index contributed by atoms with van der Waals surface area (Å²) in [6, 6.07) is 9.99. The van der Waals surface area contributed by atoms with Crippen molar-refractivity contribution in [3.63, 3.8) is 0 Å². The van der Waals surface area contributed by atoms with Gasteiger partial charge in [-0.2, -0.15) is 5.10 Å². The van der Waals surface area contributed by atoms with Crippen LogP contribution in [-0.4, -0.2) is 15.2 Å². The van der Waals surface area contributed by atoms with Gasteiger partial charge in [0, 0.05) is 22.4 Å². The van der Waals surface area contributed by atoms with Crippen LogP contribution in [0.25, 0.3) is 22.4 Å². The maximum absolute atomic E-state index is 6.02. The molecule has 0 saturated carbocycles. The molecule has 2 heterocycles. The van der Waals surface area contributed by atoms with Crippen molar-refractivity contribution in [3.8, 4) is 22.4 Å². The van der Waals surface area contributed by atoms with Crippen LogP contribution in [0.1, 0.15) is 5.56 Å². The molecular weight excluding hydrogens is 316 g/mol. The predicted octanol–water partition coefficient (Wildman–Crippen LogP) is 3.79. The van der Waals surface area contributed by atoms with Gasteiger partial charge in [-0.1, -0.05) is 22.0 Å². The van der Waals surface area contributed by atoms with E-state index in [2.05, 4.69) is 50.2 Å². The van der Waals surface area contributed by atoms with E-state index in [0.717, 1.165) is 32.4 Å². The number of aryl methyl sites for hydroxylation is 1. The molecule has 0 saturated heterocycles. The van der Waals surface area contributed by atoms with E-state index in [1.807, 2.05) is 18.2 Å². The second-order valence-electron chi connectivity index (χ2n) is 4.55. The predicted molar refractivity (Wildman–Crippen MR) is 84.1 cm³/mol. The molecule has 4 nitrogen and oxygen atoms in total. The summed E-state index contributed by atoms with van der Waals surface area (Å²) in [6.07, 6.45) is 3.50. The van der Waals surface area contributed by atoms with Crippen LogP contribution in [0.5, 0.6) is 0 Å². The number of aromatic nitrogens is 3. The van der Waals surface area contributed by atoms with Gasteiger partial charge in [-0.05, 0) is 42.3 Å². The van der Waals surface area contributed by atoms with Crippen LogP contribution in [0.3, 0.4) is 0 Å². The zero-order valence-corrected chi connectivity index (χ0v) is 12.5. The van der Waals surface area contributed by atoms with Crippen molar-refractivity contribution in [2.24, 2.45) is 0 Å². The molecule has 2 aromatic heterocycles. The molecular formula is C15H13BrN4. The molecule has 5 heteroatoms. The minimum absolute atomic E-state index is 0.494. The standard InChI is InChI=1S/C15H13BrN4/c1-9-8-11(16)2-3-12(9)14-13(15(17)20-19-14)10-4-6-18-7-5-10/h2-8H,1H3,(H3,17,19,20). The zero-order chi connectivity index (χ0) is 14.1. The molecule has 3 N–H and O–H groups in total. The van der Waals surface area contributed by atoms with Crippen LogP contribution >= 0.6 is 15.9 Å². The molecule has 100 valence electrons. The molecule has 0 radical (unpaired) electrons. The third-order valence-corrected chi connectivity index (χ3v) is 3.71. The number of rotatable bonds is 2. The van der Waals surface area contributed by atoms with E-state index >= 15 is 0 Å². The first kappa shape index (κ1) is 12.9. The minimum Gasteiger partial charge on any atom is -0.382 e. The van der Waals surface area contributed by atoms with Crippen molar-refractivity contribution in [1.82, 2.24) is 15.2 Å².